The van der Waals surface area contributed by atoms with Crippen molar-refractivity contribution < 1.29 is 19.1 Å². The van der Waals surface area contributed by atoms with E-state index in [1.54, 1.807) is 12.1 Å². The van der Waals surface area contributed by atoms with Gasteiger partial charge in [0, 0.05) is 11.5 Å². The molecule has 1 fully saturated rings. The molecule has 0 spiro atoms. The summed E-state index contributed by atoms with van der Waals surface area (Å²) < 4.78 is 13.8. The Morgan fingerprint density at radius 1 is 1.24 bits per heavy atom. The van der Waals surface area contributed by atoms with Crippen molar-refractivity contribution >= 4 is 11.9 Å². The molecule has 2 rings (SSSR count). The van der Waals surface area contributed by atoms with Gasteiger partial charge in [-0.15, -0.1) is 0 Å². The van der Waals surface area contributed by atoms with Gasteiger partial charge in [0.15, 0.2) is 0 Å². The maximum atomic E-state index is 13.8. The molecule has 0 saturated heterocycles. The van der Waals surface area contributed by atoms with Crippen LogP contribution in [-0.4, -0.2) is 17.0 Å². The number of carbonyl (C=O) groups is 2. The molecule has 2 N–H and O–H groups in total. The van der Waals surface area contributed by atoms with Crippen molar-refractivity contribution in [1.82, 2.24) is 5.32 Å². The van der Waals surface area contributed by atoms with Gasteiger partial charge in [0.25, 0.3) is 0 Å². The predicted molar refractivity (Wildman–Crippen MR) is 76.1 cm³/mol. The number of halogens is 1. The van der Waals surface area contributed by atoms with Crippen LogP contribution in [0, 0.1) is 11.7 Å². The van der Waals surface area contributed by atoms with Crippen molar-refractivity contribution in [2.75, 3.05) is 0 Å². The molecule has 0 heterocycles. The molecule has 1 aliphatic carbocycles. The summed E-state index contributed by atoms with van der Waals surface area (Å²) in [7, 11) is 0. The van der Waals surface area contributed by atoms with Gasteiger partial charge >= 0.3 is 5.97 Å². The van der Waals surface area contributed by atoms with Crippen LogP contribution in [0.25, 0.3) is 0 Å². The molecule has 1 atom stereocenters. The first-order valence-corrected chi connectivity index (χ1v) is 7.34. The van der Waals surface area contributed by atoms with E-state index in [1.165, 1.54) is 12.1 Å². The molecule has 1 unspecified atom stereocenters. The van der Waals surface area contributed by atoms with Crippen LogP contribution >= 0.6 is 0 Å². The van der Waals surface area contributed by atoms with Gasteiger partial charge in [0.05, 0.1) is 12.5 Å². The third kappa shape index (κ3) is 4.28. The standard InChI is InChI=1S/C16H20FNO3/c17-13-9-5-4-8-12(13)14(10-15(19)20)18-16(21)11-6-2-1-3-7-11/h4-5,8-9,11,14H,1-3,6-7,10H2,(H,18,21)(H,19,20). The molecule has 4 nitrogen and oxygen atoms in total. The summed E-state index contributed by atoms with van der Waals surface area (Å²) >= 11 is 0. The van der Waals surface area contributed by atoms with Crippen molar-refractivity contribution in [3.8, 4) is 0 Å². The summed E-state index contributed by atoms with van der Waals surface area (Å²) in [4.78, 5) is 23.2. The molecule has 5 heteroatoms. The van der Waals surface area contributed by atoms with E-state index in [9.17, 15) is 14.0 Å². The first-order valence-electron chi connectivity index (χ1n) is 7.34. The van der Waals surface area contributed by atoms with Gasteiger partial charge in [0.1, 0.15) is 5.82 Å². The molecule has 0 radical (unpaired) electrons. The SMILES string of the molecule is O=C(O)CC(NC(=O)C1CCCCC1)c1ccccc1F. The molecule has 0 aliphatic heterocycles. The number of hydrogen-bond donors (Lipinski definition) is 2. The normalized spacial score (nSPS) is 17.2. The van der Waals surface area contributed by atoms with E-state index in [4.69, 9.17) is 5.11 Å². The number of hydrogen-bond acceptors (Lipinski definition) is 2. The first-order chi connectivity index (χ1) is 10.1. The summed E-state index contributed by atoms with van der Waals surface area (Å²) in [5.74, 6) is -1.80. The summed E-state index contributed by atoms with van der Waals surface area (Å²) in [5, 5.41) is 11.7. The monoisotopic (exact) mass is 293 g/mol. The maximum absolute atomic E-state index is 13.8. The smallest absolute Gasteiger partial charge is 0.305 e. The second-order valence-electron chi connectivity index (χ2n) is 5.52. The van der Waals surface area contributed by atoms with Crippen LogP contribution in [0.3, 0.4) is 0 Å². The molecule has 1 aromatic rings. The number of carbonyl (C=O) groups excluding carboxylic acids is 1. The number of nitrogens with one attached hydrogen (secondary N) is 1. The van der Waals surface area contributed by atoms with E-state index in [0.717, 1.165) is 32.1 Å². The van der Waals surface area contributed by atoms with E-state index >= 15 is 0 Å². The Morgan fingerprint density at radius 2 is 1.90 bits per heavy atom. The highest BCUT2D eigenvalue weighted by atomic mass is 19.1. The fourth-order valence-corrected chi connectivity index (χ4v) is 2.83. The third-order valence-electron chi connectivity index (χ3n) is 3.95. The first kappa shape index (κ1) is 15.5. The number of rotatable bonds is 5. The molecular weight excluding hydrogens is 273 g/mol. The van der Waals surface area contributed by atoms with E-state index < -0.39 is 17.8 Å². The van der Waals surface area contributed by atoms with Crippen molar-refractivity contribution in [1.29, 1.82) is 0 Å². The Kier molecular flexibility index (Phi) is 5.31. The second-order valence-corrected chi connectivity index (χ2v) is 5.52. The largest absolute Gasteiger partial charge is 0.481 e. The van der Waals surface area contributed by atoms with E-state index in [1.807, 2.05) is 0 Å². The molecular formula is C16H20FNO3. The highest BCUT2D eigenvalue weighted by Gasteiger charge is 2.26. The van der Waals surface area contributed by atoms with Crippen LogP contribution in [0.4, 0.5) is 4.39 Å². The van der Waals surface area contributed by atoms with Gasteiger partial charge < -0.3 is 10.4 Å². The molecule has 0 bridgehead atoms. The topological polar surface area (TPSA) is 66.4 Å². The number of amides is 1. The summed E-state index contributed by atoms with van der Waals surface area (Å²) in [6, 6.07) is 5.15. The Balaban J connectivity index is 2.11. The zero-order chi connectivity index (χ0) is 15.2. The van der Waals surface area contributed by atoms with Gasteiger partial charge in [-0.3, -0.25) is 9.59 Å². The molecule has 21 heavy (non-hydrogen) atoms. The number of carboxylic acid groups (broad SMARTS) is 1. The molecule has 114 valence electrons. The molecule has 1 aliphatic rings. The van der Waals surface area contributed by atoms with Crippen molar-refractivity contribution in [3.05, 3.63) is 35.6 Å². The highest BCUT2D eigenvalue weighted by molar-refractivity contribution is 5.80. The number of aliphatic carboxylic acids is 1. The average molecular weight is 293 g/mol. The summed E-state index contributed by atoms with van der Waals surface area (Å²) in [5.41, 5.74) is 0.226. The second kappa shape index (κ2) is 7.20. The lowest BCUT2D eigenvalue weighted by atomic mass is 9.88. The van der Waals surface area contributed by atoms with Crippen molar-refractivity contribution in [3.63, 3.8) is 0 Å². The molecule has 1 saturated carbocycles. The lowest BCUT2D eigenvalue weighted by Gasteiger charge is -2.24. The maximum Gasteiger partial charge on any atom is 0.305 e. The van der Waals surface area contributed by atoms with Gasteiger partial charge in [-0.05, 0) is 18.9 Å². The van der Waals surface area contributed by atoms with Gasteiger partial charge in [0.2, 0.25) is 5.91 Å². The average Bonchev–Trinajstić information content (AvgIpc) is 2.47. The quantitative estimate of drug-likeness (QED) is 0.877. The molecule has 0 aromatic heterocycles. The Morgan fingerprint density at radius 3 is 2.52 bits per heavy atom. The minimum absolute atomic E-state index is 0.0816. The number of carboxylic acids is 1. The minimum Gasteiger partial charge on any atom is -0.481 e. The fraction of sp³-hybridized carbons (Fsp3) is 0.500. The van der Waals surface area contributed by atoms with Crippen LogP contribution < -0.4 is 5.32 Å². The fourth-order valence-electron chi connectivity index (χ4n) is 2.83. The molecule has 1 amide bonds. The van der Waals surface area contributed by atoms with Crippen LogP contribution in [0.1, 0.15) is 50.1 Å². The summed E-state index contributed by atoms with van der Waals surface area (Å²) in [6.45, 7) is 0. The summed E-state index contributed by atoms with van der Waals surface area (Å²) in [6.07, 6.45) is 4.49. The molecule has 1 aromatic carbocycles. The Bertz CT molecular complexity index is 512. The van der Waals surface area contributed by atoms with E-state index in [2.05, 4.69) is 5.32 Å². The number of benzene rings is 1. The lowest BCUT2D eigenvalue weighted by molar-refractivity contribution is -0.138. The van der Waals surface area contributed by atoms with Crippen LogP contribution in [-0.2, 0) is 9.59 Å². The van der Waals surface area contributed by atoms with E-state index in [0.29, 0.717) is 0 Å². The van der Waals surface area contributed by atoms with Gasteiger partial charge in [-0.1, -0.05) is 37.5 Å². The predicted octanol–water partition coefficient (Wildman–Crippen LogP) is 3.04. The van der Waals surface area contributed by atoms with Crippen molar-refractivity contribution in [2.24, 2.45) is 5.92 Å². The third-order valence-corrected chi connectivity index (χ3v) is 3.95. The van der Waals surface area contributed by atoms with Crippen molar-refractivity contribution in [2.45, 2.75) is 44.6 Å². The highest BCUT2D eigenvalue weighted by Crippen LogP contribution is 2.26. The van der Waals surface area contributed by atoms with Crippen LogP contribution in [0.2, 0.25) is 0 Å². The Hall–Kier alpha value is -1.91. The van der Waals surface area contributed by atoms with Gasteiger partial charge in [-0.2, -0.15) is 0 Å². The van der Waals surface area contributed by atoms with Crippen LogP contribution in [0.15, 0.2) is 24.3 Å². The van der Waals surface area contributed by atoms with E-state index in [-0.39, 0.29) is 23.8 Å². The van der Waals surface area contributed by atoms with Gasteiger partial charge in [-0.25, -0.2) is 4.39 Å². The lowest BCUT2D eigenvalue weighted by Crippen LogP contribution is -2.36. The Labute approximate surface area is 123 Å². The minimum atomic E-state index is -1.06. The van der Waals surface area contributed by atoms with Crippen LogP contribution in [0.5, 0.6) is 0 Å². The zero-order valence-electron chi connectivity index (χ0n) is 11.8. The zero-order valence-corrected chi connectivity index (χ0v) is 11.8.